The number of methoxy groups -OCH3 is 1. The lowest BCUT2D eigenvalue weighted by Gasteiger charge is -2.14. The maximum absolute atomic E-state index is 6.11. The van der Waals surface area contributed by atoms with E-state index in [9.17, 15) is 0 Å². The zero-order valence-electron chi connectivity index (χ0n) is 11.5. The van der Waals surface area contributed by atoms with E-state index in [1.165, 1.54) is 11.1 Å². The summed E-state index contributed by atoms with van der Waals surface area (Å²) in [6, 6.07) is 10.1. The van der Waals surface area contributed by atoms with Crippen LogP contribution in [-0.2, 0) is 6.54 Å². The highest BCUT2D eigenvalue weighted by Crippen LogP contribution is 2.35. The lowest BCUT2D eigenvalue weighted by atomic mass is 9.96. The summed E-state index contributed by atoms with van der Waals surface area (Å²) >= 11 is 6.11. The molecule has 0 aliphatic carbocycles. The molecule has 2 N–H and O–H groups in total. The summed E-state index contributed by atoms with van der Waals surface area (Å²) in [6.45, 7) is 4.58. The lowest BCUT2D eigenvalue weighted by Crippen LogP contribution is -1.98. The molecule has 2 rings (SSSR count). The number of nitrogens with two attached hydrogens (primary N) is 1. The Bertz CT molecular complexity index is 608. The molecule has 0 amide bonds. The van der Waals surface area contributed by atoms with Gasteiger partial charge in [-0.15, -0.1) is 0 Å². The monoisotopic (exact) mass is 275 g/mol. The van der Waals surface area contributed by atoms with E-state index in [-0.39, 0.29) is 0 Å². The zero-order valence-corrected chi connectivity index (χ0v) is 12.2. The van der Waals surface area contributed by atoms with Gasteiger partial charge in [0, 0.05) is 17.1 Å². The molecular formula is C16H18ClNO. The van der Waals surface area contributed by atoms with Crippen LogP contribution in [-0.4, -0.2) is 7.11 Å². The maximum Gasteiger partial charge on any atom is 0.127 e. The first-order valence-corrected chi connectivity index (χ1v) is 6.58. The second-order valence-corrected chi connectivity index (χ2v) is 5.08. The van der Waals surface area contributed by atoms with Gasteiger partial charge >= 0.3 is 0 Å². The van der Waals surface area contributed by atoms with Gasteiger partial charge in [0.15, 0.2) is 0 Å². The van der Waals surface area contributed by atoms with Gasteiger partial charge in [0.1, 0.15) is 5.75 Å². The highest BCUT2D eigenvalue weighted by molar-refractivity contribution is 6.31. The van der Waals surface area contributed by atoms with Crippen molar-refractivity contribution in [2.45, 2.75) is 20.4 Å². The fourth-order valence-corrected chi connectivity index (χ4v) is 2.54. The largest absolute Gasteiger partial charge is 0.496 e. The van der Waals surface area contributed by atoms with Crippen molar-refractivity contribution < 1.29 is 4.74 Å². The Balaban J connectivity index is 2.64. The Morgan fingerprint density at radius 2 is 1.89 bits per heavy atom. The third kappa shape index (κ3) is 2.75. The van der Waals surface area contributed by atoms with E-state index in [0.717, 1.165) is 22.4 Å². The second-order valence-electron chi connectivity index (χ2n) is 4.67. The number of hydrogen-bond donors (Lipinski definition) is 1. The number of hydrogen-bond acceptors (Lipinski definition) is 2. The van der Waals surface area contributed by atoms with Gasteiger partial charge in [-0.1, -0.05) is 23.7 Å². The molecule has 0 saturated heterocycles. The summed E-state index contributed by atoms with van der Waals surface area (Å²) in [5.41, 5.74) is 11.2. The van der Waals surface area contributed by atoms with E-state index in [1.54, 1.807) is 7.11 Å². The van der Waals surface area contributed by atoms with Gasteiger partial charge in [-0.2, -0.15) is 0 Å². The van der Waals surface area contributed by atoms with E-state index >= 15 is 0 Å². The number of ether oxygens (including phenoxy) is 1. The molecule has 19 heavy (non-hydrogen) atoms. The molecule has 0 saturated carbocycles. The van der Waals surface area contributed by atoms with Crippen LogP contribution in [0.3, 0.4) is 0 Å². The van der Waals surface area contributed by atoms with Crippen LogP contribution >= 0.6 is 11.6 Å². The molecule has 0 heterocycles. The molecule has 2 nitrogen and oxygen atoms in total. The molecule has 0 aliphatic heterocycles. The molecule has 3 heteroatoms. The van der Waals surface area contributed by atoms with Crippen LogP contribution in [0.5, 0.6) is 5.75 Å². The fraction of sp³-hybridized carbons (Fsp3) is 0.250. The first-order chi connectivity index (χ1) is 9.06. The molecule has 2 aromatic rings. The van der Waals surface area contributed by atoms with Crippen molar-refractivity contribution >= 4 is 11.6 Å². The standard InChI is InChI=1S/C16H18ClNO/c1-10-6-11(2)16(15(7-10)19-3)12-4-5-14(17)13(8-12)9-18/h4-8H,9,18H2,1-3H3. The molecular weight excluding hydrogens is 258 g/mol. The Morgan fingerprint density at radius 1 is 1.16 bits per heavy atom. The third-order valence-electron chi connectivity index (χ3n) is 3.22. The smallest absolute Gasteiger partial charge is 0.127 e. The van der Waals surface area contributed by atoms with Crippen molar-refractivity contribution in [3.05, 3.63) is 52.0 Å². The molecule has 0 atom stereocenters. The third-order valence-corrected chi connectivity index (χ3v) is 3.59. The van der Waals surface area contributed by atoms with Crippen molar-refractivity contribution in [3.8, 4) is 16.9 Å². The molecule has 100 valence electrons. The van der Waals surface area contributed by atoms with Gasteiger partial charge in [-0.3, -0.25) is 0 Å². The van der Waals surface area contributed by atoms with Crippen LogP contribution in [0.25, 0.3) is 11.1 Å². The predicted octanol–water partition coefficient (Wildman–Crippen LogP) is 4.09. The van der Waals surface area contributed by atoms with E-state index in [0.29, 0.717) is 11.6 Å². The van der Waals surface area contributed by atoms with Crippen LogP contribution in [0.2, 0.25) is 5.02 Å². The molecule has 0 aliphatic rings. The van der Waals surface area contributed by atoms with E-state index in [4.69, 9.17) is 22.1 Å². The number of halogens is 1. The molecule has 0 unspecified atom stereocenters. The minimum Gasteiger partial charge on any atom is -0.496 e. The fourth-order valence-electron chi connectivity index (χ4n) is 2.35. The normalized spacial score (nSPS) is 10.6. The zero-order chi connectivity index (χ0) is 14.0. The van der Waals surface area contributed by atoms with E-state index < -0.39 is 0 Å². The number of benzene rings is 2. The maximum atomic E-state index is 6.11. The summed E-state index contributed by atoms with van der Waals surface area (Å²) < 4.78 is 5.50. The van der Waals surface area contributed by atoms with E-state index in [2.05, 4.69) is 19.9 Å². The highest BCUT2D eigenvalue weighted by atomic mass is 35.5. The SMILES string of the molecule is COc1cc(C)cc(C)c1-c1ccc(Cl)c(CN)c1. The van der Waals surface area contributed by atoms with Crippen LogP contribution in [0.15, 0.2) is 30.3 Å². The van der Waals surface area contributed by atoms with Crippen LogP contribution in [0, 0.1) is 13.8 Å². The molecule has 0 aromatic heterocycles. The molecule has 0 bridgehead atoms. The summed E-state index contributed by atoms with van der Waals surface area (Å²) in [5, 5.41) is 0.704. The first kappa shape index (κ1) is 13.9. The number of aryl methyl sites for hydroxylation is 2. The summed E-state index contributed by atoms with van der Waals surface area (Å²) in [6.07, 6.45) is 0. The first-order valence-electron chi connectivity index (χ1n) is 6.21. The average molecular weight is 276 g/mol. The van der Waals surface area contributed by atoms with Gasteiger partial charge in [-0.05, 0) is 54.3 Å². The predicted molar refractivity (Wildman–Crippen MR) is 80.8 cm³/mol. The Morgan fingerprint density at radius 3 is 2.53 bits per heavy atom. The molecule has 0 radical (unpaired) electrons. The van der Waals surface area contributed by atoms with E-state index in [1.807, 2.05) is 24.3 Å². The van der Waals surface area contributed by atoms with Crippen LogP contribution in [0.4, 0.5) is 0 Å². The summed E-state index contributed by atoms with van der Waals surface area (Å²) in [5.74, 6) is 0.878. The van der Waals surface area contributed by atoms with Crippen molar-refractivity contribution in [1.82, 2.24) is 0 Å². The average Bonchev–Trinajstić information content (AvgIpc) is 2.39. The second kappa shape index (κ2) is 5.64. The molecule has 2 aromatic carbocycles. The number of rotatable bonds is 3. The minimum atomic E-state index is 0.430. The van der Waals surface area contributed by atoms with Crippen LogP contribution < -0.4 is 10.5 Å². The summed E-state index contributed by atoms with van der Waals surface area (Å²) in [4.78, 5) is 0. The van der Waals surface area contributed by atoms with Crippen molar-refractivity contribution in [1.29, 1.82) is 0 Å². The van der Waals surface area contributed by atoms with Gasteiger partial charge < -0.3 is 10.5 Å². The quantitative estimate of drug-likeness (QED) is 0.916. The van der Waals surface area contributed by atoms with Gasteiger partial charge in [0.2, 0.25) is 0 Å². The summed E-state index contributed by atoms with van der Waals surface area (Å²) in [7, 11) is 1.69. The highest BCUT2D eigenvalue weighted by Gasteiger charge is 2.11. The Labute approximate surface area is 119 Å². The van der Waals surface area contributed by atoms with Gasteiger partial charge in [-0.25, -0.2) is 0 Å². The Hall–Kier alpha value is -1.51. The lowest BCUT2D eigenvalue weighted by molar-refractivity contribution is 0.416. The van der Waals surface area contributed by atoms with Gasteiger partial charge in [0.25, 0.3) is 0 Å². The van der Waals surface area contributed by atoms with Crippen molar-refractivity contribution in [2.75, 3.05) is 7.11 Å². The van der Waals surface area contributed by atoms with Crippen molar-refractivity contribution in [3.63, 3.8) is 0 Å². The molecule has 0 spiro atoms. The molecule has 0 fully saturated rings. The van der Waals surface area contributed by atoms with Gasteiger partial charge in [0.05, 0.1) is 7.11 Å². The van der Waals surface area contributed by atoms with Crippen LogP contribution in [0.1, 0.15) is 16.7 Å². The topological polar surface area (TPSA) is 35.2 Å². The minimum absolute atomic E-state index is 0.430. The van der Waals surface area contributed by atoms with Crippen molar-refractivity contribution in [2.24, 2.45) is 5.73 Å². The Kier molecular flexibility index (Phi) is 4.13.